The normalized spacial score (nSPS) is 14.6. The minimum absolute atomic E-state index is 0.00394. The van der Waals surface area contributed by atoms with Crippen LogP contribution in [0.2, 0.25) is 0 Å². The quantitative estimate of drug-likeness (QED) is 0.784. The number of rotatable bonds is 1. The molecule has 0 unspecified atom stereocenters. The van der Waals surface area contributed by atoms with Gasteiger partial charge in [0.2, 0.25) is 0 Å². The van der Waals surface area contributed by atoms with Crippen LogP contribution in [0.1, 0.15) is 28.8 Å². The third-order valence-electron chi connectivity index (χ3n) is 3.37. The van der Waals surface area contributed by atoms with E-state index in [1.807, 2.05) is 6.07 Å². The second kappa shape index (κ2) is 5.18. The molecule has 0 N–H and O–H groups in total. The Morgan fingerprint density at radius 3 is 2.79 bits per heavy atom. The van der Waals surface area contributed by atoms with Gasteiger partial charge in [0.15, 0.2) is 0 Å². The minimum atomic E-state index is 0.00394. The van der Waals surface area contributed by atoms with Gasteiger partial charge in [0.25, 0.3) is 5.91 Å². The number of aromatic nitrogens is 2. The van der Waals surface area contributed by atoms with E-state index in [1.165, 1.54) is 0 Å². The Morgan fingerprint density at radius 2 is 1.95 bits per heavy atom. The number of carbonyl (C=O) groups excluding carboxylic acids is 1. The third kappa shape index (κ3) is 2.34. The predicted molar refractivity (Wildman–Crippen MR) is 73.1 cm³/mol. The first kappa shape index (κ1) is 11.8. The number of hydrogen-bond donors (Lipinski definition) is 0. The molecule has 0 spiro atoms. The summed E-state index contributed by atoms with van der Waals surface area (Å²) in [7, 11) is 0. The van der Waals surface area contributed by atoms with Crippen molar-refractivity contribution in [3.8, 4) is 0 Å². The van der Waals surface area contributed by atoms with E-state index in [2.05, 4.69) is 16.0 Å². The van der Waals surface area contributed by atoms with Crippen LogP contribution >= 0.6 is 0 Å². The molecule has 3 rings (SSSR count). The fourth-order valence-electron chi connectivity index (χ4n) is 2.41. The highest BCUT2D eigenvalue weighted by Crippen LogP contribution is 2.24. The molecule has 4 heteroatoms. The zero-order valence-electron chi connectivity index (χ0n) is 10.6. The van der Waals surface area contributed by atoms with Crippen molar-refractivity contribution in [1.82, 2.24) is 9.97 Å². The van der Waals surface area contributed by atoms with Gasteiger partial charge >= 0.3 is 0 Å². The van der Waals surface area contributed by atoms with Crippen LogP contribution in [0.15, 0.2) is 42.9 Å². The van der Waals surface area contributed by atoms with E-state index in [9.17, 15) is 4.79 Å². The minimum Gasteiger partial charge on any atom is -0.292 e. The number of nitrogens with zero attached hydrogens (tertiary/aromatic N) is 3. The van der Waals surface area contributed by atoms with E-state index in [-0.39, 0.29) is 5.91 Å². The molecule has 2 aromatic rings. The van der Waals surface area contributed by atoms with Crippen molar-refractivity contribution in [2.45, 2.75) is 19.3 Å². The molecule has 0 fully saturated rings. The molecule has 96 valence electrons. The van der Waals surface area contributed by atoms with Crippen molar-refractivity contribution in [2.24, 2.45) is 0 Å². The second-order valence-corrected chi connectivity index (χ2v) is 4.64. The predicted octanol–water partition coefficient (Wildman–Crippen LogP) is 2.46. The fraction of sp³-hybridized carbons (Fsp3) is 0.267. The number of pyridine rings is 2. The molecule has 19 heavy (non-hydrogen) atoms. The largest absolute Gasteiger partial charge is 0.292 e. The molecule has 0 radical (unpaired) electrons. The smallest absolute Gasteiger partial charge is 0.259 e. The highest BCUT2D eigenvalue weighted by molar-refractivity contribution is 6.05. The average molecular weight is 253 g/mol. The van der Waals surface area contributed by atoms with E-state index in [4.69, 9.17) is 0 Å². The first-order valence-electron chi connectivity index (χ1n) is 6.52. The summed E-state index contributed by atoms with van der Waals surface area (Å²) in [5.74, 6) is 0.811. The number of hydrogen-bond acceptors (Lipinski definition) is 3. The molecule has 3 heterocycles. The van der Waals surface area contributed by atoms with Gasteiger partial charge in [-0.25, -0.2) is 4.98 Å². The van der Waals surface area contributed by atoms with Gasteiger partial charge in [0.05, 0.1) is 0 Å². The van der Waals surface area contributed by atoms with Crippen LogP contribution in [0.4, 0.5) is 5.82 Å². The molecule has 1 aliphatic rings. The lowest BCUT2D eigenvalue weighted by Gasteiger charge is -2.21. The summed E-state index contributed by atoms with van der Waals surface area (Å²) in [6.45, 7) is 0.727. The lowest BCUT2D eigenvalue weighted by atomic mass is 10.1. The third-order valence-corrected chi connectivity index (χ3v) is 3.37. The van der Waals surface area contributed by atoms with Gasteiger partial charge in [-0.2, -0.15) is 0 Å². The number of carbonyl (C=O) groups is 1. The maximum atomic E-state index is 12.6. The average Bonchev–Trinajstić information content (AvgIpc) is 2.70. The van der Waals surface area contributed by atoms with Crippen LogP contribution < -0.4 is 4.90 Å². The zero-order chi connectivity index (χ0) is 13.1. The molecule has 0 saturated carbocycles. The van der Waals surface area contributed by atoms with Crippen molar-refractivity contribution in [3.05, 3.63) is 54.0 Å². The summed E-state index contributed by atoms with van der Waals surface area (Å²) in [6, 6.07) is 7.48. The number of amides is 1. The summed E-state index contributed by atoms with van der Waals surface area (Å²) in [6.07, 6.45) is 8.13. The molecule has 0 aromatic carbocycles. The SMILES string of the molecule is O=C(c1ccncc1)N1CCCCc2cccnc21. The number of anilines is 1. The van der Waals surface area contributed by atoms with Gasteiger partial charge in [-0.05, 0) is 43.0 Å². The van der Waals surface area contributed by atoms with Gasteiger partial charge in [-0.3, -0.25) is 14.7 Å². The fourth-order valence-corrected chi connectivity index (χ4v) is 2.41. The van der Waals surface area contributed by atoms with Gasteiger partial charge < -0.3 is 0 Å². The Kier molecular flexibility index (Phi) is 3.23. The Bertz CT molecular complexity index is 583. The van der Waals surface area contributed by atoms with Crippen molar-refractivity contribution in [2.75, 3.05) is 11.4 Å². The molecular formula is C15H15N3O. The Labute approximate surface area is 112 Å². The summed E-state index contributed by atoms with van der Waals surface area (Å²) < 4.78 is 0. The Balaban J connectivity index is 1.99. The summed E-state index contributed by atoms with van der Waals surface area (Å²) in [5.41, 5.74) is 1.82. The van der Waals surface area contributed by atoms with Crippen molar-refractivity contribution in [1.29, 1.82) is 0 Å². The van der Waals surface area contributed by atoms with E-state index < -0.39 is 0 Å². The lowest BCUT2D eigenvalue weighted by Crippen LogP contribution is -2.32. The van der Waals surface area contributed by atoms with E-state index in [1.54, 1.807) is 35.6 Å². The molecule has 1 aliphatic heterocycles. The molecule has 1 amide bonds. The maximum Gasteiger partial charge on any atom is 0.259 e. The van der Waals surface area contributed by atoms with Crippen molar-refractivity contribution >= 4 is 11.7 Å². The lowest BCUT2D eigenvalue weighted by molar-refractivity contribution is 0.0986. The molecule has 0 saturated heterocycles. The van der Waals surface area contributed by atoms with Crippen LogP contribution in [0.5, 0.6) is 0 Å². The van der Waals surface area contributed by atoms with Crippen LogP contribution in [-0.2, 0) is 6.42 Å². The highest BCUT2D eigenvalue weighted by atomic mass is 16.2. The van der Waals surface area contributed by atoms with Crippen molar-refractivity contribution in [3.63, 3.8) is 0 Å². The van der Waals surface area contributed by atoms with Crippen molar-refractivity contribution < 1.29 is 4.79 Å². The summed E-state index contributed by atoms with van der Waals surface area (Å²) in [5, 5.41) is 0. The topological polar surface area (TPSA) is 46.1 Å². The number of aryl methyl sites for hydroxylation is 1. The van der Waals surface area contributed by atoms with E-state index in [0.29, 0.717) is 5.56 Å². The standard InChI is InChI=1S/C15H15N3O/c19-15(13-6-9-16-10-7-13)18-11-2-1-4-12-5-3-8-17-14(12)18/h3,5-10H,1-2,4,11H2. The van der Waals surface area contributed by atoms with E-state index in [0.717, 1.165) is 37.2 Å². The molecular weight excluding hydrogens is 238 g/mol. The monoisotopic (exact) mass is 253 g/mol. The Morgan fingerprint density at radius 1 is 1.11 bits per heavy atom. The molecule has 0 aliphatic carbocycles. The molecule has 0 bridgehead atoms. The summed E-state index contributed by atoms with van der Waals surface area (Å²) >= 11 is 0. The molecule has 2 aromatic heterocycles. The first-order chi connectivity index (χ1) is 9.36. The maximum absolute atomic E-state index is 12.6. The van der Waals surface area contributed by atoms with Gasteiger partial charge in [-0.15, -0.1) is 0 Å². The highest BCUT2D eigenvalue weighted by Gasteiger charge is 2.22. The first-order valence-corrected chi connectivity index (χ1v) is 6.52. The summed E-state index contributed by atoms with van der Waals surface area (Å²) in [4.78, 5) is 22.7. The van der Waals surface area contributed by atoms with Crippen LogP contribution in [-0.4, -0.2) is 22.4 Å². The molecule has 4 nitrogen and oxygen atoms in total. The van der Waals surface area contributed by atoms with Gasteiger partial charge in [0.1, 0.15) is 5.82 Å². The number of fused-ring (bicyclic) bond motifs is 1. The van der Waals surface area contributed by atoms with Crippen LogP contribution in [0, 0.1) is 0 Å². The van der Waals surface area contributed by atoms with Crippen LogP contribution in [0.3, 0.4) is 0 Å². The van der Waals surface area contributed by atoms with Gasteiger partial charge in [-0.1, -0.05) is 6.07 Å². The zero-order valence-corrected chi connectivity index (χ0v) is 10.6. The second-order valence-electron chi connectivity index (χ2n) is 4.64. The van der Waals surface area contributed by atoms with E-state index >= 15 is 0 Å². The van der Waals surface area contributed by atoms with Gasteiger partial charge in [0, 0.05) is 30.7 Å². The molecule has 0 atom stereocenters. The Hall–Kier alpha value is -2.23. The van der Waals surface area contributed by atoms with Crippen LogP contribution in [0.25, 0.3) is 0 Å².